The summed E-state index contributed by atoms with van der Waals surface area (Å²) >= 11 is 1.35. The van der Waals surface area contributed by atoms with Crippen molar-refractivity contribution in [2.45, 2.75) is 30.1 Å². The summed E-state index contributed by atoms with van der Waals surface area (Å²) in [5, 5.41) is 8.19. The first-order valence-corrected chi connectivity index (χ1v) is 9.85. The summed E-state index contributed by atoms with van der Waals surface area (Å²) in [6, 6.07) is 7.63. The lowest BCUT2D eigenvalue weighted by Crippen LogP contribution is -2.23. The summed E-state index contributed by atoms with van der Waals surface area (Å²) in [7, 11) is 1.78. The molecule has 0 bridgehead atoms. The highest BCUT2D eigenvalue weighted by molar-refractivity contribution is 7.99. The lowest BCUT2D eigenvalue weighted by Gasteiger charge is -2.19. The molecule has 0 N–H and O–H groups in total. The molecule has 4 rings (SSSR count). The van der Waals surface area contributed by atoms with Crippen molar-refractivity contribution in [3.63, 3.8) is 0 Å². The van der Waals surface area contributed by atoms with E-state index in [1.54, 1.807) is 24.0 Å². The first-order chi connectivity index (χ1) is 14.1. The van der Waals surface area contributed by atoms with E-state index < -0.39 is 23.5 Å². The van der Waals surface area contributed by atoms with Crippen LogP contribution in [0.1, 0.15) is 39.2 Å². The van der Waals surface area contributed by atoms with Gasteiger partial charge in [0.2, 0.25) is 0 Å². The maximum Gasteiger partial charge on any atom is 0.416 e. The number of carbonyl (C=O) groups excluding carboxylic acids is 1. The highest BCUT2D eigenvalue weighted by atomic mass is 32.2. The SMILES string of the molecule is C[C@@H](Sc1nncn1C)c1cc(F)cc(N2Cc3c(cccc3C(F)(F)F)C2=O)c1. The second-order valence-corrected chi connectivity index (χ2v) is 8.26. The summed E-state index contributed by atoms with van der Waals surface area (Å²) in [4.78, 5) is 14.0. The first-order valence-electron chi connectivity index (χ1n) is 8.97. The van der Waals surface area contributed by atoms with Crippen molar-refractivity contribution in [1.29, 1.82) is 0 Å². The summed E-state index contributed by atoms with van der Waals surface area (Å²) in [6.45, 7) is 1.58. The van der Waals surface area contributed by atoms with Gasteiger partial charge in [-0.1, -0.05) is 17.8 Å². The number of alkyl halides is 3. The van der Waals surface area contributed by atoms with Gasteiger partial charge in [-0.3, -0.25) is 4.79 Å². The van der Waals surface area contributed by atoms with Gasteiger partial charge in [0.05, 0.1) is 12.1 Å². The molecule has 1 aliphatic heterocycles. The van der Waals surface area contributed by atoms with Crippen molar-refractivity contribution >= 4 is 23.4 Å². The van der Waals surface area contributed by atoms with Crippen molar-refractivity contribution in [1.82, 2.24) is 14.8 Å². The zero-order valence-electron chi connectivity index (χ0n) is 15.9. The van der Waals surface area contributed by atoms with Crippen molar-refractivity contribution in [3.05, 3.63) is 70.8 Å². The van der Waals surface area contributed by atoms with Gasteiger partial charge in [0, 0.05) is 23.5 Å². The van der Waals surface area contributed by atoms with Crippen LogP contribution in [0.3, 0.4) is 0 Å². The van der Waals surface area contributed by atoms with Crippen LogP contribution in [0.2, 0.25) is 0 Å². The lowest BCUT2D eigenvalue weighted by atomic mass is 10.0. The van der Waals surface area contributed by atoms with Gasteiger partial charge in [0.1, 0.15) is 12.1 Å². The predicted octanol–water partition coefficient (Wildman–Crippen LogP) is 4.99. The molecule has 0 unspecified atom stereocenters. The number of hydrogen-bond acceptors (Lipinski definition) is 4. The van der Waals surface area contributed by atoms with Crippen molar-refractivity contribution in [2.24, 2.45) is 7.05 Å². The smallest absolute Gasteiger partial charge is 0.312 e. The molecule has 5 nitrogen and oxygen atoms in total. The molecule has 0 radical (unpaired) electrons. The Bertz CT molecular complexity index is 1130. The molecule has 3 aromatic rings. The van der Waals surface area contributed by atoms with Gasteiger partial charge >= 0.3 is 6.18 Å². The van der Waals surface area contributed by atoms with Crippen LogP contribution in [-0.2, 0) is 19.8 Å². The summed E-state index contributed by atoms with van der Waals surface area (Å²) in [5.74, 6) is -1.16. The van der Waals surface area contributed by atoms with Crippen LogP contribution in [-0.4, -0.2) is 20.7 Å². The third kappa shape index (κ3) is 3.67. The normalized spacial score (nSPS) is 14.9. The number of thioether (sulfide) groups is 1. The van der Waals surface area contributed by atoms with Crippen molar-refractivity contribution in [3.8, 4) is 0 Å². The average molecular weight is 436 g/mol. The molecule has 0 saturated heterocycles. The number of anilines is 1. The minimum absolute atomic E-state index is 0.0165. The Morgan fingerprint density at radius 3 is 2.63 bits per heavy atom. The van der Waals surface area contributed by atoms with Gasteiger partial charge in [0.25, 0.3) is 5.91 Å². The fourth-order valence-electron chi connectivity index (χ4n) is 3.40. The lowest BCUT2D eigenvalue weighted by molar-refractivity contribution is -0.138. The topological polar surface area (TPSA) is 51.0 Å². The molecule has 2 heterocycles. The number of hydrogen-bond donors (Lipinski definition) is 0. The highest BCUT2D eigenvalue weighted by Gasteiger charge is 2.39. The number of carbonyl (C=O) groups is 1. The number of rotatable bonds is 4. The van der Waals surface area contributed by atoms with Crippen LogP contribution in [0.5, 0.6) is 0 Å². The Kier molecular flexibility index (Phi) is 5.05. The molecular weight excluding hydrogens is 420 g/mol. The van der Waals surface area contributed by atoms with Crippen LogP contribution in [0, 0.1) is 5.82 Å². The molecule has 0 spiro atoms. The van der Waals surface area contributed by atoms with Crippen LogP contribution >= 0.6 is 11.8 Å². The van der Waals surface area contributed by atoms with Crippen LogP contribution in [0.25, 0.3) is 0 Å². The number of amides is 1. The van der Waals surface area contributed by atoms with Crippen LogP contribution in [0.15, 0.2) is 47.9 Å². The van der Waals surface area contributed by atoms with E-state index in [2.05, 4.69) is 10.2 Å². The van der Waals surface area contributed by atoms with E-state index in [1.165, 1.54) is 34.9 Å². The molecule has 156 valence electrons. The van der Waals surface area contributed by atoms with Gasteiger partial charge in [-0.2, -0.15) is 13.2 Å². The van der Waals surface area contributed by atoms with Crippen LogP contribution in [0.4, 0.5) is 23.2 Å². The number of aromatic nitrogens is 3. The summed E-state index contributed by atoms with van der Waals surface area (Å²) in [5.41, 5.74) is -0.166. The molecule has 0 aliphatic carbocycles. The molecule has 1 amide bonds. The second-order valence-electron chi connectivity index (χ2n) is 6.95. The quantitative estimate of drug-likeness (QED) is 0.427. The zero-order chi connectivity index (χ0) is 21.6. The minimum Gasteiger partial charge on any atom is -0.312 e. The monoisotopic (exact) mass is 436 g/mol. The van der Waals surface area contributed by atoms with Crippen LogP contribution < -0.4 is 4.90 Å². The van der Waals surface area contributed by atoms with E-state index in [1.807, 2.05) is 6.92 Å². The Labute approximate surface area is 173 Å². The minimum atomic E-state index is -4.57. The van der Waals surface area contributed by atoms with Gasteiger partial charge in [-0.15, -0.1) is 10.2 Å². The third-order valence-corrected chi connectivity index (χ3v) is 6.12. The standard InChI is InChI=1S/C20H16F4N4OS/c1-11(30-19-26-25-10-27(19)2)12-6-13(21)8-14(7-12)28-9-16-15(18(28)29)4-3-5-17(16)20(22,23)24/h3-8,10-11H,9H2,1-2H3/t11-/m1/s1. The summed E-state index contributed by atoms with van der Waals surface area (Å²) < 4.78 is 56.1. The molecule has 1 atom stereocenters. The Hall–Kier alpha value is -2.88. The van der Waals surface area contributed by atoms with E-state index in [9.17, 15) is 22.4 Å². The van der Waals surface area contributed by atoms with E-state index in [0.29, 0.717) is 10.7 Å². The number of halogens is 4. The Balaban J connectivity index is 1.67. The number of nitrogens with zero attached hydrogens (tertiary/aromatic N) is 4. The average Bonchev–Trinajstić information content (AvgIpc) is 3.23. The molecule has 1 aromatic heterocycles. The molecule has 10 heteroatoms. The largest absolute Gasteiger partial charge is 0.416 e. The highest BCUT2D eigenvalue weighted by Crippen LogP contribution is 2.40. The fourth-order valence-corrected chi connectivity index (χ4v) is 4.30. The number of fused-ring (bicyclic) bond motifs is 1. The number of aryl methyl sites for hydroxylation is 1. The van der Waals surface area contributed by atoms with E-state index in [4.69, 9.17) is 0 Å². The molecule has 30 heavy (non-hydrogen) atoms. The molecule has 2 aromatic carbocycles. The number of benzene rings is 2. The van der Waals surface area contributed by atoms with Gasteiger partial charge in [0.15, 0.2) is 5.16 Å². The van der Waals surface area contributed by atoms with Gasteiger partial charge in [-0.25, -0.2) is 4.39 Å². The van der Waals surface area contributed by atoms with Gasteiger partial charge in [-0.05, 0) is 48.4 Å². The maximum atomic E-state index is 14.4. The Morgan fingerprint density at radius 1 is 1.20 bits per heavy atom. The molecule has 0 fully saturated rings. The molecule has 0 saturated carbocycles. The second kappa shape index (κ2) is 7.42. The fraction of sp³-hybridized carbons (Fsp3) is 0.250. The Morgan fingerprint density at radius 2 is 1.97 bits per heavy atom. The predicted molar refractivity (Wildman–Crippen MR) is 104 cm³/mol. The van der Waals surface area contributed by atoms with Crippen molar-refractivity contribution < 1.29 is 22.4 Å². The molecular formula is C20H16F4N4OS. The van der Waals surface area contributed by atoms with E-state index in [0.717, 1.165) is 12.1 Å². The van der Waals surface area contributed by atoms with E-state index >= 15 is 0 Å². The molecule has 1 aliphatic rings. The third-order valence-electron chi connectivity index (χ3n) is 4.91. The van der Waals surface area contributed by atoms with Crippen molar-refractivity contribution in [2.75, 3.05) is 4.90 Å². The maximum absolute atomic E-state index is 14.4. The zero-order valence-corrected chi connectivity index (χ0v) is 16.8. The van der Waals surface area contributed by atoms with Gasteiger partial charge < -0.3 is 9.47 Å². The summed E-state index contributed by atoms with van der Waals surface area (Å²) in [6.07, 6.45) is -3.03. The van der Waals surface area contributed by atoms with E-state index in [-0.39, 0.29) is 28.6 Å². The first kappa shape index (κ1) is 20.4.